The summed E-state index contributed by atoms with van der Waals surface area (Å²) in [7, 11) is -3.62. The Balaban J connectivity index is 1.48. The second-order valence-corrected chi connectivity index (χ2v) is 9.16. The first-order valence-electron chi connectivity index (χ1n) is 9.73. The van der Waals surface area contributed by atoms with Crippen molar-refractivity contribution in [3.63, 3.8) is 0 Å². The Morgan fingerprint density at radius 3 is 2.58 bits per heavy atom. The molecule has 3 rings (SSSR count). The summed E-state index contributed by atoms with van der Waals surface area (Å²) in [5.41, 5.74) is 0.888. The third-order valence-electron chi connectivity index (χ3n) is 4.64. The lowest BCUT2D eigenvalue weighted by molar-refractivity contribution is -0.144. The van der Waals surface area contributed by atoms with Crippen molar-refractivity contribution in [1.82, 2.24) is 9.62 Å². The SMILES string of the molecule is O=C(CCNC(=O)c1ccccc1Cl)OCc1cccc(S(=O)(=O)N2CCOCC2)c1. The molecule has 1 aliphatic heterocycles. The zero-order chi connectivity index (χ0) is 22.3. The lowest BCUT2D eigenvalue weighted by atomic mass is 10.2. The highest BCUT2D eigenvalue weighted by Gasteiger charge is 2.26. The van der Waals surface area contributed by atoms with E-state index >= 15 is 0 Å². The predicted octanol–water partition coefficient (Wildman–Crippen LogP) is 2.22. The number of morpholine rings is 1. The molecule has 31 heavy (non-hydrogen) atoms. The first-order valence-corrected chi connectivity index (χ1v) is 11.5. The lowest BCUT2D eigenvalue weighted by Crippen LogP contribution is -2.40. The van der Waals surface area contributed by atoms with Gasteiger partial charge in [0.05, 0.1) is 35.1 Å². The average Bonchev–Trinajstić information content (AvgIpc) is 2.78. The van der Waals surface area contributed by atoms with Crippen LogP contribution in [-0.2, 0) is 30.9 Å². The topological polar surface area (TPSA) is 102 Å². The van der Waals surface area contributed by atoms with Crippen LogP contribution >= 0.6 is 11.6 Å². The van der Waals surface area contributed by atoms with Gasteiger partial charge in [-0.15, -0.1) is 0 Å². The summed E-state index contributed by atoms with van der Waals surface area (Å²) in [5, 5.41) is 2.94. The molecule has 166 valence electrons. The number of benzene rings is 2. The van der Waals surface area contributed by atoms with Gasteiger partial charge in [0, 0.05) is 19.6 Å². The van der Waals surface area contributed by atoms with Gasteiger partial charge in [-0.05, 0) is 29.8 Å². The van der Waals surface area contributed by atoms with E-state index in [0.717, 1.165) is 0 Å². The van der Waals surface area contributed by atoms with Gasteiger partial charge in [0.1, 0.15) is 6.61 Å². The number of hydrogen-bond acceptors (Lipinski definition) is 6. The van der Waals surface area contributed by atoms with E-state index in [-0.39, 0.29) is 30.4 Å². The molecule has 0 atom stereocenters. The summed E-state index contributed by atoms with van der Waals surface area (Å²) in [5.74, 6) is -0.889. The minimum absolute atomic E-state index is 0.0258. The number of rotatable bonds is 8. The van der Waals surface area contributed by atoms with Crippen molar-refractivity contribution in [1.29, 1.82) is 0 Å². The van der Waals surface area contributed by atoms with Crippen LogP contribution in [0.3, 0.4) is 0 Å². The van der Waals surface area contributed by atoms with Crippen LogP contribution in [0, 0.1) is 0 Å². The summed E-state index contributed by atoms with van der Waals surface area (Å²) in [6.45, 7) is 1.37. The highest BCUT2D eigenvalue weighted by Crippen LogP contribution is 2.19. The monoisotopic (exact) mass is 466 g/mol. The van der Waals surface area contributed by atoms with Crippen molar-refractivity contribution < 1.29 is 27.5 Å². The van der Waals surface area contributed by atoms with Crippen LogP contribution in [0.1, 0.15) is 22.3 Å². The molecular weight excluding hydrogens is 444 g/mol. The van der Waals surface area contributed by atoms with E-state index in [2.05, 4.69) is 5.32 Å². The minimum Gasteiger partial charge on any atom is -0.461 e. The molecule has 2 aromatic rings. The Kier molecular flexibility index (Phi) is 8.03. The van der Waals surface area contributed by atoms with Crippen molar-refractivity contribution in [2.45, 2.75) is 17.9 Å². The van der Waals surface area contributed by atoms with Gasteiger partial charge in [-0.1, -0.05) is 35.9 Å². The molecule has 8 nitrogen and oxygen atoms in total. The maximum atomic E-state index is 12.7. The molecule has 1 heterocycles. The fourth-order valence-corrected chi connectivity index (χ4v) is 4.69. The standard InChI is InChI=1S/C21H23ClN2O6S/c22-19-7-2-1-6-18(19)21(26)23-9-8-20(25)30-15-16-4-3-5-17(14-16)31(27,28)24-10-12-29-13-11-24/h1-7,14H,8-13,15H2,(H,23,26). The first-order chi connectivity index (χ1) is 14.9. The molecule has 10 heteroatoms. The van der Waals surface area contributed by atoms with Crippen LogP contribution in [0.15, 0.2) is 53.4 Å². The number of hydrogen-bond donors (Lipinski definition) is 1. The van der Waals surface area contributed by atoms with Gasteiger partial charge in [-0.3, -0.25) is 9.59 Å². The van der Waals surface area contributed by atoms with E-state index < -0.39 is 16.0 Å². The lowest BCUT2D eigenvalue weighted by Gasteiger charge is -2.26. The summed E-state index contributed by atoms with van der Waals surface area (Å²) in [6.07, 6.45) is -0.0258. The first kappa shape index (κ1) is 23.2. The number of ether oxygens (including phenoxy) is 2. The Bertz CT molecular complexity index is 1040. The molecular formula is C21H23ClN2O6S. The normalized spacial score (nSPS) is 14.7. The summed E-state index contributed by atoms with van der Waals surface area (Å²) in [6, 6.07) is 12.9. The van der Waals surface area contributed by atoms with Crippen LogP contribution in [-0.4, -0.2) is 57.4 Å². The van der Waals surface area contributed by atoms with Gasteiger partial charge in [-0.2, -0.15) is 4.31 Å². The molecule has 1 aliphatic rings. The molecule has 0 saturated carbocycles. The van der Waals surface area contributed by atoms with E-state index in [1.165, 1.54) is 16.4 Å². The fourth-order valence-electron chi connectivity index (χ4n) is 2.99. The number of nitrogens with one attached hydrogen (secondary N) is 1. The van der Waals surface area contributed by atoms with Crippen molar-refractivity contribution >= 4 is 33.5 Å². The van der Waals surface area contributed by atoms with Crippen molar-refractivity contribution in [2.75, 3.05) is 32.8 Å². The van der Waals surface area contributed by atoms with Gasteiger partial charge in [0.25, 0.3) is 5.91 Å². The number of halogens is 1. The summed E-state index contributed by atoms with van der Waals surface area (Å²) >= 11 is 5.97. The Morgan fingerprint density at radius 1 is 1.10 bits per heavy atom. The zero-order valence-corrected chi connectivity index (χ0v) is 18.3. The van der Waals surface area contributed by atoms with Gasteiger partial charge in [0.15, 0.2) is 0 Å². The fraction of sp³-hybridized carbons (Fsp3) is 0.333. The second-order valence-electron chi connectivity index (χ2n) is 6.81. The van der Waals surface area contributed by atoms with Crippen molar-refractivity contribution in [3.05, 3.63) is 64.7 Å². The van der Waals surface area contributed by atoms with Crippen molar-refractivity contribution in [3.8, 4) is 0 Å². The van der Waals surface area contributed by atoms with Crippen LogP contribution in [0.2, 0.25) is 5.02 Å². The van der Waals surface area contributed by atoms with Crippen LogP contribution < -0.4 is 5.32 Å². The summed E-state index contributed by atoms with van der Waals surface area (Å²) < 4.78 is 37.3. The molecule has 0 spiro atoms. The molecule has 1 saturated heterocycles. The molecule has 1 N–H and O–H groups in total. The maximum Gasteiger partial charge on any atom is 0.307 e. The number of carbonyl (C=O) groups excluding carboxylic acids is 2. The predicted molar refractivity (Wildman–Crippen MR) is 114 cm³/mol. The van der Waals surface area contributed by atoms with Gasteiger partial charge >= 0.3 is 5.97 Å². The van der Waals surface area contributed by atoms with Gasteiger partial charge in [-0.25, -0.2) is 8.42 Å². The molecule has 2 aromatic carbocycles. The van der Waals surface area contributed by atoms with Gasteiger partial charge in [0.2, 0.25) is 10.0 Å². The molecule has 1 fully saturated rings. The van der Waals surface area contributed by atoms with E-state index in [1.807, 2.05) is 0 Å². The van der Waals surface area contributed by atoms with E-state index in [1.54, 1.807) is 36.4 Å². The third kappa shape index (κ3) is 6.27. The van der Waals surface area contributed by atoms with Crippen molar-refractivity contribution in [2.24, 2.45) is 0 Å². The number of amides is 1. The number of carbonyl (C=O) groups is 2. The van der Waals surface area contributed by atoms with Crippen LogP contribution in [0.5, 0.6) is 0 Å². The quantitative estimate of drug-likeness (QED) is 0.598. The van der Waals surface area contributed by atoms with Crippen LogP contribution in [0.25, 0.3) is 0 Å². The van der Waals surface area contributed by atoms with Crippen LogP contribution in [0.4, 0.5) is 0 Å². The highest BCUT2D eigenvalue weighted by molar-refractivity contribution is 7.89. The number of sulfonamides is 1. The van der Waals surface area contributed by atoms with E-state index in [4.69, 9.17) is 21.1 Å². The summed E-state index contributed by atoms with van der Waals surface area (Å²) in [4.78, 5) is 24.2. The minimum atomic E-state index is -3.62. The smallest absolute Gasteiger partial charge is 0.307 e. The molecule has 1 amide bonds. The number of esters is 1. The maximum absolute atomic E-state index is 12.7. The zero-order valence-electron chi connectivity index (χ0n) is 16.8. The number of nitrogens with zero attached hydrogens (tertiary/aromatic N) is 1. The molecule has 0 bridgehead atoms. The Hall–Kier alpha value is -2.46. The van der Waals surface area contributed by atoms with E-state index in [0.29, 0.717) is 42.5 Å². The largest absolute Gasteiger partial charge is 0.461 e. The highest BCUT2D eigenvalue weighted by atomic mass is 35.5. The third-order valence-corrected chi connectivity index (χ3v) is 6.86. The Morgan fingerprint density at radius 2 is 1.84 bits per heavy atom. The van der Waals surface area contributed by atoms with E-state index in [9.17, 15) is 18.0 Å². The average molecular weight is 467 g/mol. The van der Waals surface area contributed by atoms with Gasteiger partial charge < -0.3 is 14.8 Å². The molecule has 0 aliphatic carbocycles. The molecule has 0 radical (unpaired) electrons. The second kappa shape index (κ2) is 10.7. The Labute approximate surface area is 186 Å². The molecule has 0 aromatic heterocycles. The molecule has 0 unspecified atom stereocenters.